The second-order valence-corrected chi connectivity index (χ2v) is 7.78. The van der Waals surface area contributed by atoms with E-state index in [4.69, 9.17) is 4.74 Å². The summed E-state index contributed by atoms with van der Waals surface area (Å²) >= 11 is 0. The van der Waals surface area contributed by atoms with Crippen LogP contribution in [0.1, 0.15) is 37.4 Å². The van der Waals surface area contributed by atoms with Crippen LogP contribution in [0.25, 0.3) is 6.08 Å². The summed E-state index contributed by atoms with van der Waals surface area (Å²) in [6.45, 7) is -0.232. The van der Waals surface area contributed by atoms with Crippen molar-refractivity contribution in [1.29, 1.82) is 0 Å². The molecule has 0 aromatic heterocycles. The molecular formula is C27H22N2O5. The van der Waals surface area contributed by atoms with Crippen LogP contribution in [0.5, 0.6) is 5.75 Å². The first-order valence-corrected chi connectivity index (χ1v) is 10.6. The zero-order valence-corrected chi connectivity index (χ0v) is 18.7. The number of anilines is 1. The molecular weight excluding hydrogens is 432 g/mol. The van der Waals surface area contributed by atoms with Crippen LogP contribution in [0.3, 0.4) is 0 Å². The van der Waals surface area contributed by atoms with Gasteiger partial charge in [0.2, 0.25) is 11.8 Å². The molecule has 4 rings (SSSR count). The molecule has 0 fully saturated rings. The van der Waals surface area contributed by atoms with Crippen LogP contribution in [0, 0.1) is 0 Å². The number of rotatable bonds is 6. The highest BCUT2D eigenvalue weighted by Gasteiger charge is 2.31. The van der Waals surface area contributed by atoms with E-state index in [1.807, 2.05) is 12.1 Å². The lowest BCUT2D eigenvalue weighted by atomic mass is 9.83. The van der Waals surface area contributed by atoms with E-state index in [0.29, 0.717) is 16.9 Å². The minimum atomic E-state index is -0.488. The summed E-state index contributed by atoms with van der Waals surface area (Å²) in [5, 5.41) is 2.68. The van der Waals surface area contributed by atoms with Gasteiger partial charge < -0.3 is 15.0 Å². The molecule has 170 valence electrons. The molecule has 0 unspecified atom stereocenters. The lowest BCUT2D eigenvalue weighted by Crippen LogP contribution is -2.34. The molecule has 0 saturated carbocycles. The van der Waals surface area contributed by atoms with Gasteiger partial charge in [0, 0.05) is 29.8 Å². The van der Waals surface area contributed by atoms with Crippen molar-refractivity contribution in [3.63, 3.8) is 0 Å². The molecule has 3 aromatic rings. The van der Waals surface area contributed by atoms with Gasteiger partial charge in [0.1, 0.15) is 5.75 Å². The number of ketones is 2. The van der Waals surface area contributed by atoms with E-state index >= 15 is 0 Å². The summed E-state index contributed by atoms with van der Waals surface area (Å²) in [6.07, 6.45) is 3.00. The number of ether oxygens (including phenoxy) is 1. The summed E-state index contributed by atoms with van der Waals surface area (Å²) < 4.78 is 5.16. The fourth-order valence-electron chi connectivity index (χ4n) is 3.77. The van der Waals surface area contributed by atoms with Crippen molar-refractivity contribution in [3.8, 4) is 5.75 Å². The Morgan fingerprint density at radius 1 is 0.912 bits per heavy atom. The number of carbonyl (C=O) groups is 4. The van der Waals surface area contributed by atoms with E-state index in [0.717, 1.165) is 5.56 Å². The number of likely N-dealkylation sites (N-methyl/N-ethyl adjacent to an activating group) is 1. The maximum Gasteiger partial charge on any atom is 0.246 e. The average molecular weight is 454 g/mol. The molecule has 0 radical (unpaired) electrons. The van der Waals surface area contributed by atoms with Crippen LogP contribution in [0.2, 0.25) is 0 Å². The van der Waals surface area contributed by atoms with E-state index in [1.54, 1.807) is 67.8 Å². The molecule has 0 bridgehead atoms. The second-order valence-electron chi connectivity index (χ2n) is 7.78. The number of fused-ring (bicyclic) bond motifs is 2. The molecule has 1 aliphatic rings. The Bertz CT molecular complexity index is 1340. The number of carbonyl (C=O) groups excluding carboxylic acids is 4. The first-order valence-electron chi connectivity index (χ1n) is 10.6. The van der Waals surface area contributed by atoms with Crippen LogP contribution >= 0.6 is 0 Å². The highest BCUT2D eigenvalue weighted by Crippen LogP contribution is 2.31. The van der Waals surface area contributed by atoms with Crippen LogP contribution in [0.4, 0.5) is 5.69 Å². The van der Waals surface area contributed by atoms with Crippen molar-refractivity contribution in [3.05, 3.63) is 101 Å². The van der Waals surface area contributed by atoms with Crippen LogP contribution < -0.4 is 10.1 Å². The quantitative estimate of drug-likeness (QED) is 0.450. The van der Waals surface area contributed by atoms with Gasteiger partial charge >= 0.3 is 0 Å². The molecule has 0 saturated heterocycles. The van der Waals surface area contributed by atoms with Crippen molar-refractivity contribution in [2.75, 3.05) is 26.0 Å². The fraction of sp³-hybridized carbons (Fsp3) is 0.111. The summed E-state index contributed by atoms with van der Waals surface area (Å²) in [5.41, 5.74) is 2.07. The molecule has 34 heavy (non-hydrogen) atoms. The van der Waals surface area contributed by atoms with Crippen molar-refractivity contribution in [2.24, 2.45) is 0 Å². The maximum atomic E-state index is 13.1. The number of hydrogen-bond donors (Lipinski definition) is 1. The zero-order valence-electron chi connectivity index (χ0n) is 18.7. The topological polar surface area (TPSA) is 92.8 Å². The Morgan fingerprint density at radius 3 is 2.32 bits per heavy atom. The van der Waals surface area contributed by atoms with Gasteiger partial charge in [0.25, 0.3) is 0 Å². The number of benzene rings is 3. The van der Waals surface area contributed by atoms with Gasteiger partial charge in [-0.1, -0.05) is 48.5 Å². The van der Waals surface area contributed by atoms with Gasteiger partial charge in [0.15, 0.2) is 11.6 Å². The third kappa shape index (κ3) is 4.49. The number of nitrogens with zero attached hydrogens (tertiary/aromatic N) is 1. The maximum absolute atomic E-state index is 13.1. The minimum absolute atomic E-state index is 0.159. The predicted octanol–water partition coefficient (Wildman–Crippen LogP) is 3.58. The van der Waals surface area contributed by atoms with E-state index in [9.17, 15) is 19.2 Å². The Labute approximate surface area is 196 Å². The van der Waals surface area contributed by atoms with Crippen molar-refractivity contribution >= 4 is 35.1 Å². The minimum Gasteiger partial charge on any atom is -0.497 e. The third-order valence-corrected chi connectivity index (χ3v) is 5.50. The Morgan fingerprint density at radius 2 is 1.59 bits per heavy atom. The van der Waals surface area contributed by atoms with Crippen molar-refractivity contribution < 1.29 is 23.9 Å². The second kappa shape index (κ2) is 9.54. The summed E-state index contributed by atoms with van der Waals surface area (Å²) in [7, 11) is 3.07. The molecule has 2 amide bonds. The van der Waals surface area contributed by atoms with E-state index in [2.05, 4.69) is 5.32 Å². The highest BCUT2D eigenvalue weighted by molar-refractivity contribution is 6.30. The smallest absolute Gasteiger partial charge is 0.246 e. The monoisotopic (exact) mass is 454 g/mol. The first-order chi connectivity index (χ1) is 16.4. The third-order valence-electron chi connectivity index (χ3n) is 5.50. The van der Waals surface area contributed by atoms with Gasteiger partial charge in [-0.05, 0) is 29.8 Å². The number of methoxy groups -OCH3 is 1. The Kier molecular flexibility index (Phi) is 6.36. The van der Waals surface area contributed by atoms with E-state index in [-0.39, 0.29) is 40.8 Å². The van der Waals surface area contributed by atoms with Gasteiger partial charge in [-0.25, -0.2) is 0 Å². The summed E-state index contributed by atoms with van der Waals surface area (Å²) in [6, 6.07) is 18.6. The SMILES string of the molecule is COc1cccc(/C=C/C(=O)N(C)CC(=O)Nc2cccc3c2C(=O)c2ccccc2C3=O)c1. The Hall–Kier alpha value is -4.52. The molecule has 0 aliphatic heterocycles. The number of amides is 2. The zero-order chi connectivity index (χ0) is 24.2. The molecule has 0 heterocycles. The Balaban J connectivity index is 1.46. The average Bonchev–Trinajstić information content (AvgIpc) is 2.85. The molecule has 1 N–H and O–H groups in total. The normalized spacial score (nSPS) is 12.2. The van der Waals surface area contributed by atoms with Gasteiger partial charge in [0.05, 0.1) is 24.9 Å². The highest BCUT2D eigenvalue weighted by atomic mass is 16.5. The van der Waals surface area contributed by atoms with Gasteiger partial charge in [-0.3, -0.25) is 19.2 Å². The standard InChI is InChI=1S/C27H22N2O5/c1-29(24(31)14-13-17-7-5-8-18(15-17)34-2)16-23(30)28-22-12-6-11-21-25(22)27(33)20-10-4-3-9-19(20)26(21)32/h3-15H,16H2,1-2H3,(H,28,30)/b14-13+. The lowest BCUT2D eigenvalue weighted by molar-refractivity contribution is -0.129. The molecule has 1 aliphatic carbocycles. The lowest BCUT2D eigenvalue weighted by Gasteiger charge is -2.21. The molecule has 7 heteroatoms. The van der Waals surface area contributed by atoms with Crippen molar-refractivity contribution in [1.82, 2.24) is 4.90 Å². The van der Waals surface area contributed by atoms with Crippen LogP contribution in [-0.2, 0) is 9.59 Å². The largest absolute Gasteiger partial charge is 0.497 e. The summed E-state index contributed by atoms with van der Waals surface area (Å²) in [4.78, 5) is 52.3. The molecule has 3 aromatic carbocycles. The summed E-state index contributed by atoms with van der Waals surface area (Å²) in [5.74, 6) is -0.779. The number of nitrogens with one attached hydrogen (secondary N) is 1. The van der Waals surface area contributed by atoms with E-state index < -0.39 is 5.91 Å². The van der Waals surface area contributed by atoms with Crippen molar-refractivity contribution in [2.45, 2.75) is 0 Å². The number of hydrogen-bond acceptors (Lipinski definition) is 5. The fourth-order valence-corrected chi connectivity index (χ4v) is 3.77. The first kappa shape index (κ1) is 22.7. The molecule has 0 atom stereocenters. The van der Waals surface area contributed by atoms with E-state index in [1.165, 1.54) is 18.0 Å². The van der Waals surface area contributed by atoms with Crippen LogP contribution in [-0.4, -0.2) is 49.0 Å². The predicted molar refractivity (Wildman–Crippen MR) is 128 cm³/mol. The van der Waals surface area contributed by atoms with Crippen LogP contribution in [0.15, 0.2) is 72.8 Å². The van der Waals surface area contributed by atoms with Gasteiger partial charge in [-0.2, -0.15) is 0 Å². The molecule has 0 spiro atoms. The molecule has 7 nitrogen and oxygen atoms in total. The van der Waals surface area contributed by atoms with Gasteiger partial charge in [-0.15, -0.1) is 0 Å².